The molecule has 1 aliphatic carbocycles. The number of hydrogen-bond donors (Lipinski definition) is 1. The number of nitrogens with zero attached hydrogens (tertiary/aromatic N) is 4. The van der Waals surface area contributed by atoms with Gasteiger partial charge in [-0.3, -0.25) is 24.0 Å². The Morgan fingerprint density at radius 1 is 1.12 bits per heavy atom. The highest BCUT2D eigenvalue weighted by molar-refractivity contribution is 6.39. The summed E-state index contributed by atoms with van der Waals surface area (Å²) in [7, 11) is 0. The maximum Gasteiger partial charge on any atom is 0.433 e. The number of carbonyl (C=O) groups is 3. The van der Waals surface area contributed by atoms with Crippen LogP contribution in [0.2, 0.25) is 10.0 Å². The Labute approximate surface area is 238 Å². The fourth-order valence-corrected chi connectivity index (χ4v) is 5.94. The van der Waals surface area contributed by atoms with Crippen molar-refractivity contribution in [3.63, 3.8) is 0 Å². The lowest BCUT2D eigenvalue weighted by molar-refractivity contribution is -0.152. The second-order valence-corrected chi connectivity index (χ2v) is 11.5. The van der Waals surface area contributed by atoms with Crippen LogP contribution in [-0.2, 0) is 15.7 Å². The first-order chi connectivity index (χ1) is 18.7. The molecule has 3 heterocycles. The maximum absolute atomic E-state index is 14.4. The molecular formula is C26H29Cl2F3N4O5. The van der Waals surface area contributed by atoms with Gasteiger partial charge in [-0.05, 0) is 52.4 Å². The van der Waals surface area contributed by atoms with Crippen LogP contribution in [0.5, 0.6) is 0 Å². The van der Waals surface area contributed by atoms with Gasteiger partial charge in [0.2, 0.25) is 0 Å². The van der Waals surface area contributed by atoms with E-state index in [0.717, 1.165) is 15.8 Å². The lowest BCUT2D eigenvalue weighted by atomic mass is 9.74. The van der Waals surface area contributed by atoms with Crippen LogP contribution in [0.3, 0.4) is 0 Å². The maximum atomic E-state index is 14.4. The van der Waals surface area contributed by atoms with Crippen molar-refractivity contribution < 1.29 is 37.4 Å². The second kappa shape index (κ2) is 11.7. The third-order valence-corrected chi connectivity index (χ3v) is 8.29. The third-order valence-electron chi connectivity index (χ3n) is 7.71. The van der Waals surface area contributed by atoms with E-state index in [4.69, 9.17) is 27.9 Å². The molecule has 1 N–H and O–H groups in total. The fraction of sp³-hybridized carbons (Fsp3) is 0.577. The minimum atomic E-state index is -4.94. The molecule has 14 heteroatoms. The first kappa shape index (κ1) is 30.3. The molecule has 0 aromatic carbocycles. The molecule has 2 atom stereocenters. The lowest BCUT2D eigenvalue weighted by Crippen LogP contribution is -2.42. The summed E-state index contributed by atoms with van der Waals surface area (Å²) in [6.45, 7) is 2.69. The first-order valence-corrected chi connectivity index (χ1v) is 13.6. The summed E-state index contributed by atoms with van der Waals surface area (Å²) >= 11 is 12.2. The van der Waals surface area contributed by atoms with Crippen LogP contribution in [0.1, 0.15) is 84.8 Å². The molecule has 0 radical (unpaired) electrons. The molecule has 2 aromatic heterocycles. The SMILES string of the molecule is C[C@@H]1CC[C@@H](CN(CC(=O)c2c(Cl)cncc2Cl)C(=O)c2cnn(C3CCC(C)(C(=O)O)CC3)c2C(F)(F)F)O1. The number of amides is 1. The predicted molar refractivity (Wildman–Crippen MR) is 139 cm³/mol. The smallest absolute Gasteiger partial charge is 0.433 e. The van der Waals surface area contributed by atoms with Crippen molar-refractivity contribution in [2.24, 2.45) is 5.41 Å². The Morgan fingerprint density at radius 3 is 2.27 bits per heavy atom. The van der Waals surface area contributed by atoms with E-state index in [2.05, 4.69) is 10.1 Å². The van der Waals surface area contributed by atoms with Gasteiger partial charge in [0.25, 0.3) is 5.91 Å². The van der Waals surface area contributed by atoms with Gasteiger partial charge in [0.15, 0.2) is 11.5 Å². The molecule has 4 rings (SSSR count). The number of aliphatic carboxylic acids is 1. The fourth-order valence-electron chi connectivity index (χ4n) is 5.36. The zero-order chi connectivity index (χ0) is 29.4. The highest BCUT2D eigenvalue weighted by Crippen LogP contribution is 2.43. The predicted octanol–water partition coefficient (Wildman–Crippen LogP) is 5.70. The number of ether oxygens (including phenoxy) is 1. The number of hydrogen-bond acceptors (Lipinski definition) is 6. The number of carboxylic acids is 1. The van der Waals surface area contributed by atoms with Crippen LogP contribution < -0.4 is 0 Å². The highest BCUT2D eigenvalue weighted by Gasteiger charge is 2.45. The minimum Gasteiger partial charge on any atom is -0.481 e. The molecule has 0 bridgehead atoms. The van der Waals surface area contributed by atoms with Crippen molar-refractivity contribution in [2.75, 3.05) is 13.1 Å². The number of pyridine rings is 1. The normalized spacial score (nSPS) is 25.1. The summed E-state index contributed by atoms with van der Waals surface area (Å²) in [6.07, 6.45) is -0.357. The summed E-state index contributed by atoms with van der Waals surface area (Å²) in [4.78, 5) is 43.3. The van der Waals surface area contributed by atoms with Gasteiger partial charge < -0.3 is 14.7 Å². The largest absolute Gasteiger partial charge is 0.481 e. The van der Waals surface area contributed by atoms with E-state index < -0.39 is 59.2 Å². The number of Topliss-reactive ketones (excluding diaryl/α,β-unsaturated/α-hetero) is 1. The van der Waals surface area contributed by atoms with E-state index in [9.17, 15) is 32.7 Å². The van der Waals surface area contributed by atoms with Gasteiger partial charge >= 0.3 is 12.1 Å². The van der Waals surface area contributed by atoms with Crippen molar-refractivity contribution >= 4 is 40.9 Å². The Hall–Kier alpha value is -2.70. The van der Waals surface area contributed by atoms with Crippen LogP contribution in [-0.4, -0.2) is 67.7 Å². The molecular weight excluding hydrogens is 576 g/mol. The molecule has 1 amide bonds. The summed E-state index contributed by atoms with van der Waals surface area (Å²) in [5.74, 6) is -2.71. The van der Waals surface area contributed by atoms with Gasteiger partial charge in [-0.2, -0.15) is 18.3 Å². The Morgan fingerprint density at radius 2 is 1.75 bits per heavy atom. The van der Waals surface area contributed by atoms with Gasteiger partial charge in [-0.1, -0.05) is 23.2 Å². The zero-order valence-corrected chi connectivity index (χ0v) is 23.4. The van der Waals surface area contributed by atoms with Crippen LogP contribution in [0.15, 0.2) is 18.6 Å². The number of carboxylic acid groups (broad SMARTS) is 1. The van der Waals surface area contributed by atoms with Gasteiger partial charge in [0.05, 0.1) is 57.6 Å². The Balaban J connectivity index is 1.66. The molecule has 2 fully saturated rings. The van der Waals surface area contributed by atoms with E-state index in [0.29, 0.717) is 12.8 Å². The molecule has 9 nitrogen and oxygen atoms in total. The molecule has 0 unspecified atom stereocenters. The average Bonchev–Trinajstić information content (AvgIpc) is 3.50. The van der Waals surface area contributed by atoms with Crippen molar-refractivity contribution in [3.8, 4) is 0 Å². The van der Waals surface area contributed by atoms with Gasteiger partial charge in [-0.25, -0.2) is 0 Å². The van der Waals surface area contributed by atoms with Crippen molar-refractivity contribution in [3.05, 3.63) is 45.5 Å². The molecule has 0 spiro atoms. The van der Waals surface area contributed by atoms with Gasteiger partial charge in [0.1, 0.15) is 0 Å². The van der Waals surface area contributed by atoms with E-state index in [-0.39, 0.29) is 53.9 Å². The minimum absolute atomic E-state index is 0.0508. The standard InChI is InChI=1S/C26H29Cl2F3N4O5/c1-14-3-4-16(40-14)12-34(13-20(36)21-18(27)10-32-11-19(21)28)23(37)17-9-33-35(22(17)26(29,30)31)15-5-7-25(2,8-6-15)24(38)39/h9-11,14-16H,3-8,12-13H2,1-2H3,(H,38,39)/t14-,15?,16+,25?/m1/s1. The van der Waals surface area contributed by atoms with Gasteiger partial charge in [-0.15, -0.1) is 0 Å². The van der Waals surface area contributed by atoms with Crippen LogP contribution >= 0.6 is 23.2 Å². The molecule has 2 aromatic rings. The second-order valence-electron chi connectivity index (χ2n) is 10.7. The average molecular weight is 605 g/mol. The third kappa shape index (κ3) is 6.28. The quantitative estimate of drug-likeness (QED) is 0.384. The summed E-state index contributed by atoms with van der Waals surface area (Å²) < 4.78 is 49.9. The molecule has 1 saturated heterocycles. The monoisotopic (exact) mass is 604 g/mol. The number of halogens is 5. The van der Waals surface area contributed by atoms with Crippen molar-refractivity contribution in [2.45, 2.75) is 76.8 Å². The first-order valence-electron chi connectivity index (χ1n) is 12.9. The summed E-state index contributed by atoms with van der Waals surface area (Å²) in [6, 6.07) is -0.742. The topological polar surface area (TPSA) is 115 Å². The van der Waals surface area contributed by atoms with E-state index in [1.165, 1.54) is 12.4 Å². The summed E-state index contributed by atoms with van der Waals surface area (Å²) in [5, 5.41) is 13.3. The number of rotatable bonds is 8. The van der Waals surface area contributed by atoms with Crippen molar-refractivity contribution in [1.82, 2.24) is 19.7 Å². The van der Waals surface area contributed by atoms with Crippen LogP contribution in [0.25, 0.3) is 0 Å². The van der Waals surface area contributed by atoms with E-state index >= 15 is 0 Å². The van der Waals surface area contributed by atoms with Gasteiger partial charge in [0, 0.05) is 18.9 Å². The van der Waals surface area contributed by atoms with Crippen LogP contribution in [0.4, 0.5) is 13.2 Å². The Bertz CT molecular complexity index is 1270. The molecule has 2 aliphatic rings. The van der Waals surface area contributed by atoms with Crippen molar-refractivity contribution in [1.29, 1.82) is 0 Å². The van der Waals surface area contributed by atoms with Crippen LogP contribution in [0, 0.1) is 5.41 Å². The number of aromatic nitrogens is 3. The molecule has 1 aliphatic heterocycles. The number of carbonyl (C=O) groups excluding carboxylic acids is 2. The molecule has 218 valence electrons. The summed E-state index contributed by atoms with van der Waals surface area (Å²) in [5.41, 5.74) is -3.07. The lowest BCUT2D eigenvalue weighted by Gasteiger charge is -2.34. The Kier molecular flexibility index (Phi) is 8.82. The molecule has 40 heavy (non-hydrogen) atoms. The van der Waals surface area contributed by atoms with E-state index in [1.54, 1.807) is 6.92 Å². The number of alkyl halides is 3. The number of ketones is 1. The zero-order valence-electron chi connectivity index (χ0n) is 21.9. The molecule has 1 saturated carbocycles. The van der Waals surface area contributed by atoms with E-state index in [1.807, 2.05) is 6.92 Å². The highest BCUT2D eigenvalue weighted by atomic mass is 35.5.